The highest BCUT2D eigenvalue weighted by Gasteiger charge is 2.08. The second kappa shape index (κ2) is 5.20. The van der Waals surface area contributed by atoms with Gasteiger partial charge in [-0.2, -0.15) is 5.10 Å². The minimum Gasteiger partial charge on any atom is -0.326 e. The van der Waals surface area contributed by atoms with Crippen molar-refractivity contribution < 1.29 is 0 Å². The largest absolute Gasteiger partial charge is 0.326 e. The van der Waals surface area contributed by atoms with Crippen LogP contribution in [-0.4, -0.2) is 20.2 Å². The van der Waals surface area contributed by atoms with Crippen LogP contribution >= 0.6 is 11.8 Å². The van der Waals surface area contributed by atoms with Gasteiger partial charge in [0.05, 0.1) is 0 Å². The van der Waals surface area contributed by atoms with E-state index in [4.69, 9.17) is 5.73 Å². The van der Waals surface area contributed by atoms with Crippen LogP contribution in [0.15, 0.2) is 28.5 Å². The Bertz CT molecular complexity index is 509. The van der Waals surface area contributed by atoms with E-state index in [1.807, 2.05) is 26.0 Å². The van der Waals surface area contributed by atoms with Gasteiger partial charge in [-0.1, -0.05) is 0 Å². The molecule has 0 aliphatic rings. The van der Waals surface area contributed by atoms with E-state index in [2.05, 4.69) is 20.2 Å². The van der Waals surface area contributed by atoms with Crippen LogP contribution in [-0.2, 0) is 6.54 Å². The molecule has 6 heteroatoms. The van der Waals surface area contributed by atoms with Crippen LogP contribution in [0.5, 0.6) is 0 Å². The molecule has 5 nitrogen and oxygen atoms in total. The Hall–Kier alpha value is -1.53. The monoisotopic (exact) mass is 247 g/mol. The van der Waals surface area contributed by atoms with Crippen LogP contribution in [0.25, 0.3) is 0 Å². The second-order valence-electron chi connectivity index (χ2n) is 3.60. The van der Waals surface area contributed by atoms with Gasteiger partial charge >= 0.3 is 0 Å². The topological polar surface area (TPSA) is 77.6 Å². The highest BCUT2D eigenvalue weighted by atomic mass is 32.2. The van der Waals surface area contributed by atoms with Gasteiger partial charge in [0.2, 0.25) is 0 Å². The van der Waals surface area contributed by atoms with Crippen LogP contribution < -0.4 is 5.73 Å². The Balaban J connectivity index is 2.31. The zero-order chi connectivity index (χ0) is 12.3. The zero-order valence-electron chi connectivity index (χ0n) is 9.71. The smallest absolute Gasteiger partial charge is 0.194 e. The van der Waals surface area contributed by atoms with Crippen molar-refractivity contribution in [3.8, 4) is 0 Å². The summed E-state index contributed by atoms with van der Waals surface area (Å²) in [5, 5.41) is 9.35. The Morgan fingerprint density at radius 2 is 1.94 bits per heavy atom. The van der Waals surface area contributed by atoms with Crippen LogP contribution in [0.4, 0.5) is 0 Å². The van der Waals surface area contributed by atoms with Gasteiger partial charge in [-0.3, -0.25) is 0 Å². The summed E-state index contributed by atoms with van der Waals surface area (Å²) in [5.41, 5.74) is 8.48. The third-order valence-corrected chi connectivity index (χ3v) is 3.04. The van der Waals surface area contributed by atoms with E-state index in [-0.39, 0.29) is 0 Å². The van der Waals surface area contributed by atoms with Crippen molar-refractivity contribution in [3.05, 3.63) is 35.3 Å². The molecule has 88 valence electrons. The molecule has 2 heterocycles. The number of rotatable bonds is 3. The summed E-state index contributed by atoms with van der Waals surface area (Å²) in [6.45, 7) is 4.32. The third kappa shape index (κ3) is 2.98. The summed E-state index contributed by atoms with van der Waals surface area (Å²) in [4.78, 5) is 8.70. The van der Waals surface area contributed by atoms with Crippen LogP contribution in [0.3, 0.4) is 0 Å². The molecule has 0 saturated carbocycles. The Kier molecular flexibility index (Phi) is 3.65. The number of nitrogens with zero attached hydrogens (tertiary/aromatic N) is 4. The normalized spacial score (nSPS) is 10.5. The molecule has 2 aromatic rings. The number of nitrogens with two attached hydrogens (primary N) is 1. The molecule has 2 N–H and O–H groups in total. The van der Waals surface area contributed by atoms with Gasteiger partial charge in [0.15, 0.2) is 5.16 Å². The molecule has 0 aliphatic heterocycles. The van der Waals surface area contributed by atoms with Crippen molar-refractivity contribution in [2.24, 2.45) is 5.73 Å². The number of aromatic nitrogens is 4. The van der Waals surface area contributed by atoms with Crippen LogP contribution in [0, 0.1) is 13.8 Å². The summed E-state index contributed by atoms with van der Waals surface area (Å²) in [6.07, 6.45) is 1.63. The summed E-state index contributed by atoms with van der Waals surface area (Å²) in [7, 11) is 0. The summed E-state index contributed by atoms with van der Waals surface area (Å²) < 4.78 is 0. The highest BCUT2D eigenvalue weighted by molar-refractivity contribution is 7.99. The SMILES string of the molecule is Cc1cc(C)nc(Sc2nnccc2CN)n1. The minimum absolute atomic E-state index is 0.433. The number of hydrogen-bond acceptors (Lipinski definition) is 6. The zero-order valence-corrected chi connectivity index (χ0v) is 10.5. The van der Waals surface area contributed by atoms with Gasteiger partial charge in [0.1, 0.15) is 5.03 Å². The Morgan fingerprint density at radius 1 is 1.24 bits per heavy atom. The average Bonchev–Trinajstić information content (AvgIpc) is 2.28. The predicted molar refractivity (Wildman–Crippen MR) is 65.6 cm³/mol. The van der Waals surface area contributed by atoms with E-state index >= 15 is 0 Å². The molecule has 0 fully saturated rings. The van der Waals surface area contributed by atoms with Crippen molar-refractivity contribution in [1.82, 2.24) is 20.2 Å². The molecule has 0 atom stereocenters. The Labute approximate surface area is 104 Å². The lowest BCUT2D eigenvalue weighted by atomic mass is 10.3. The van der Waals surface area contributed by atoms with Crippen molar-refractivity contribution in [2.75, 3.05) is 0 Å². The summed E-state index contributed by atoms with van der Waals surface area (Å²) in [6, 6.07) is 3.79. The molecule has 17 heavy (non-hydrogen) atoms. The molecule has 2 aromatic heterocycles. The molecular formula is C11H13N5S. The lowest BCUT2D eigenvalue weighted by Gasteiger charge is -2.05. The maximum Gasteiger partial charge on any atom is 0.194 e. The quantitative estimate of drug-likeness (QED) is 0.828. The summed E-state index contributed by atoms with van der Waals surface area (Å²) >= 11 is 1.39. The first kappa shape index (κ1) is 11.9. The molecule has 0 aliphatic carbocycles. The molecule has 0 spiro atoms. The molecule has 0 bridgehead atoms. The maximum absolute atomic E-state index is 5.64. The fraction of sp³-hybridized carbons (Fsp3) is 0.273. The molecule has 0 saturated heterocycles. The molecule has 0 radical (unpaired) electrons. The van der Waals surface area contributed by atoms with Crippen molar-refractivity contribution in [1.29, 1.82) is 0 Å². The minimum atomic E-state index is 0.433. The van der Waals surface area contributed by atoms with E-state index in [0.29, 0.717) is 11.7 Å². The fourth-order valence-electron chi connectivity index (χ4n) is 1.41. The van der Waals surface area contributed by atoms with Crippen molar-refractivity contribution in [3.63, 3.8) is 0 Å². The number of hydrogen-bond donors (Lipinski definition) is 1. The lowest BCUT2D eigenvalue weighted by molar-refractivity contribution is 0.851. The first-order valence-electron chi connectivity index (χ1n) is 5.20. The third-order valence-electron chi connectivity index (χ3n) is 2.14. The molecular weight excluding hydrogens is 234 g/mol. The maximum atomic E-state index is 5.64. The molecule has 0 aromatic carbocycles. The van der Waals surface area contributed by atoms with E-state index in [1.54, 1.807) is 6.20 Å². The average molecular weight is 247 g/mol. The van der Waals surface area contributed by atoms with Crippen LogP contribution in [0.1, 0.15) is 17.0 Å². The van der Waals surface area contributed by atoms with Gasteiger partial charge in [0, 0.05) is 29.7 Å². The molecule has 0 unspecified atom stereocenters. The first-order valence-corrected chi connectivity index (χ1v) is 6.01. The first-order chi connectivity index (χ1) is 8.19. The fourth-order valence-corrected chi connectivity index (χ4v) is 2.33. The van der Waals surface area contributed by atoms with Crippen LogP contribution in [0.2, 0.25) is 0 Å². The molecule has 0 amide bonds. The van der Waals surface area contributed by atoms with E-state index in [9.17, 15) is 0 Å². The highest BCUT2D eigenvalue weighted by Crippen LogP contribution is 2.25. The van der Waals surface area contributed by atoms with Gasteiger partial charge in [0.25, 0.3) is 0 Å². The van der Waals surface area contributed by atoms with E-state index in [0.717, 1.165) is 22.0 Å². The van der Waals surface area contributed by atoms with Gasteiger partial charge < -0.3 is 5.73 Å². The molecule has 2 rings (SSSR count). The van der Waals surface area contributed by atoms with E-state index < -0.39 is 0 Å². The number of aryl methyl sites for hydroxylation is 2. The lowest BCUT2D eigenvalue weighted by Crippen LogP contribution is -2.02. The second-order valence-corrected chi connectivity index (χ2v) is 4.56. The van der Waals surface area contributed by atoms with Crippen molar-refractivity contribution >= 4 is 11.8 Å². The summed E-state index contributed by atoms with van der Waals surface area (Å²) in [5.74, 6) is 0. The van der Waals surface area contributed by atoms with E-state index in [1.165, 1.54) is 11.8 Å². The van der Waals surface area contributed by atoms with Gasteiger partial charge in [-0.05, 0) is 37.7 Å². The van der Waals surface area contributed by atoms with Gasteiger partial charge in [-0.25, -0.2) is 9.97 Å². The van der Waals surface area contributed by atoms with Gasteiger partial charge in [-0.15, -0.1) is 5.10 Å². The van der Waals surface area contributed by atoms with Crippen molar-refractivity contribution in [2.45, 2.75) is 30.6 Å². The standard InChI is InChI=1S/C11H13N5S/c1-7-5-8(2)15-11(14-7)17-10-9(6-12)3-4-13-16-10/h3-5H,6,12H2,1-2H3. The Morgan fingerprint density at radius 3 is 2.59 bits per heavy atom. The predicted octanol–water partition coefficient (Wildman–Crippen LogP) is 1.49.